The van der Waals surface area contributed by atoms with E-state index < -0.39 is 0 Å². The van der Waals surface area contributed by atoms with Crippen molar-refractivity contribution in [3.05, 3.63) is 83.4 Å². The first-order chi connectivity index (χ1) is 15.0. The van der Waals surface area contributed by atoms with Crippen LogP contribution in [0.15, 0.2) is 66.7 Å². The molecule has 160 valence electrons. The van der Waals surface area contributed by atoms with Crippen LogP contribution in [0.5, 0.6) is 11.5 Å². The Kier molecular flexibility index (Phi) is 7.27. The van der Waals surface area contributed by atoms with E-state index >= 15 is 0 Å². The molecule has 31 heavy (non-hydrogen) atoms. The first kappa shape index (κ1) is 21.9. The first-order valence-corrected chi connectivity index (χ1v) is 9.98. The Hall–Kier alpha value is -3.80. The number of ether oxygens (including phenoxy) is 2. The van der Waals surface area contributed by atoms with Gasteiger partial charge in [-0.25, -0.2) is 0 Å². The van der Waals surface area contributed by atoms with E-state index in [0.717, 1.165) is 11.1 Å². The summed E-state index contributed by atoms with van der Waals surface area (Å²) in [6.07, 6.45) is 0.710. The van der Waals surface area contributed by atoms with Crippen molar-refractivity contribution >= 4 is 23.2 Å². The van der Waals surface area contributed by atoms with E-state index in [1.54, 1.807) is 38.5 Å². The fraction of sp³-hybridized carbons (Fsp3) is 0.200. The molecule has 0 saturated carbocycles. The molecule has 3 rings (SSSR count). The highest BCUT2D eigenvalue weighted by Crippen LogP contribution is 2.31. The summed E-state index contributed by atoms with van der Waals surface area (Å²) in [7, 11) is 3.15. The summed E-state index contributed by atoms with van der Waals surface area (Å²) in [6, 6.07) is 20.1. The summed E-state index contributed by atoms with van der Waals surface area (Å²) < 4.78 is 10.7. The number of methoxy groups -OCH3 is 2. The number of carbonyl (C=O) groups excluding carboxylic acids is 2. The van der Waals surface area contributed by atoms with Gasteiger partial charge in [0.05, 0.1) is 25.5 Å². The van der Waals surface area contributed by atoms with Crippen molar-refractivity contribution in [3.8, 4) is 11.5 Å². The molecule has 6 heteroatoms. The second-order valence-corrected chi connectivity index (χ2v) is 7.07. The summed E-state index contributed by atoms with van der Waals surface area (Å²) in [4.78, 5) is 25.4. The molecule has 0 bridgehead atoms. The van der Waals surface area contributed by atoms with E-state index in [9.17, 15) is 9.59 Å². The molecule has 0 aromatic heterocycles. The van der Waals surface area contributed by atoms with Gasteiger partial charge < -0.3 is 20.1 Å². The smallest absolute Gasteiger partial charge is 0.257 e. The number of anilines is 2. The average molecular weight is 418 g/mol. The summed E-state index contributed by atoms with van der Waals surface area (Å²) >= 11 is 0. The Bertz CT molecular complexity index is 1080. The number of amides is 2. The molecule has 0 heterocycles. The van der Waals surface area contributed by atoms with Gasteiger partial charge in [0.25, 0.3) is 5.91 Å². The maximum absolute atomic E-state index is 12.8. The lowest BCUT2D eigenvalue weighted by Gasteiger charge is -2.14. The number of para-hydroxylation sites is 2. The highest BCUT2D eigenvalue weighted by atomic mass is 16.5. The number of rotatable bonds is 8. The Morgan fingerprint density at radius 2 is 1.65 bits per heavy atom. The third kappa shape index (κ3) is 5.63. The molecule has 3 aromatic rings. The number of nitrogens with one attached hydrogen (secondary N) is 2. The van der Waals surface area contributed by atoms with E-state index in [1.165, 1.54) is 0 Å². The van der Waals surface area contributed by atoms with Crippen LogP contribution in [0.25, 0.3) is 0 Å². The van der Waals surface area contributed by atoms with Gasteiger partial charge in [-0.3, -0.25) is 9.59 Å². The van der Waals surface area contributed by atoms with Crippen molar-refractivity contribution < 1.29 is 19.1 Å². The van der Waals surface area contributed by atoms with Gasteiger partial charge in [0.15, 0.2) is 11.5 Å². The minimum atomic E-state index is -0.282. The third-order valence-electron chi connectivity index (χ3n) is 4.83. The molecule has 2 amide bonds. The van der Waals surface area contributed by atoms with Gasteiger partial charge >= 0.3 is 0 Å². The van der Waals surface area contributed by atoms with Gasteiger partial charge in [-0.05, 0) is 54.8 Å². The van der Waals surface area contributed by atoms with E-state index in [-0.39, 0.29) is 18.2 Å². The fourth-order valence-corrected chi connectivity index (χ4v) is 3.32. The normalized spacial score (nSPS) is 10.3. The van der Waals surface area contributed by atoms with Gasteiger partial charge in [0.1, 0.15) is 0 Å². The molecule has 0 unspecified atom stereocenters. The number of hydrogen-bond donors (Lipinski definition) is 2. The van der Waals surface area contributed by atoms with Gasteiger partial charge in [0, 0.05) is 12.1 Å². The second kappa shape index (κ2) is 10.3. The summed E-state index contributed by atoms with van der Waals surface area (Å²) in [5.41, 5.74) is 3.50. The topological polar surface area (TPSA) is 76.7 Å². The molecule has 2 N–H and O–H groups in total. The lowest BCUT2D eigenvalue weighted by molar-refractivity contribution is -0.116. The van der Waals surface area contributed by atoms with E-state index in [4.69, 9.17) is 9.47 Å². The first-order valence-electron chi connectivity index (χ1n) is 9.98. The Labute approximate surface area is 182 Å². The van der Waals surface area contributed by atoms with E-state index in [1.807, 2.05) is 49.4 Å². The van der Waals surface area contributed by atoms with Crippen LogP contribution in [0.3, 0.4) is 0 Å². The standard InChI is InChI=1S/C25H26N2O4/c1-17-8-6-10-19(16-17)26-25(29)20-11-4-5-12-21(20)27-23(28)15-14-18-9-7-13-22(30-2)24(18)31-3/h4-13,16H,14-15H2,1-3H3,(H,26,29)(H,27,28). The van der Waals surface area contributed by atoms with Crippen LogP contribution in [0, 0.1) is 6.92 Å². The molecule has 0 aliphatic heterocycles. The van der Waals surface area contributed by atoms with Crippen molar-refractivity contribution in [1.82, 2.24) is 0 Å². The van der Waals surface area contributed by atoms with Crippen molar-refractivity contribution in [1.29, 1.82) is 0 Å². The molecule has 0 fully saturated rings. The van der Waals surface area contributed by atoms with Crippen LogP contribution in [-0.4, -0.2) is 26.0 Å². The zero-order valence-corrected chi connectivity index (χ0v) is 17.9. The van der Waals surface area contributed by atoms with Crippen LogP contribution in [0.4, 0.5) is 11.4 Å². The molecule has 3 aromatic carbocycles. The van der Waals surface area contributed by atoms with Crippen molar-refractivity contribution in [2.24, 2.45) is 0 Å². The molecular weight excluding hydrogens is 392 g/mol. The quantitative estimate of drug-likeness (QED) is 0.549. The number of hydrogen-bond acceptors (Lipinski definition) is 4. The van der Waals surface area contributed by atoms with Crippen LogP contribution in [0.1, 0.15) is 27.9 Å². The minimum absolute atomic E-state index is 0.194. The molecule has 0 atom stereocenters. The lowest BCUT2D eigenvalue weighted by atomic mass is 10.1. The van der Waals surface area contributed by atoms with Crippen LogP contribution < -0.4 is 20.1 Å². The molecule has 0 radical (unpaired) electrons. The van der Waals surface area contributed by atoms with Gasteiger partial charge in [0.2, 0.25) is 5.91 Å². The van der Waals surface area contributed by atoms with E-state index in [0.29, 0.717) is 34.9 Å². The van der Waals surface area contributed by atoms with Gasteiger partial charge in [-0.2, -0.15) is 0 Å². The molecule has 6 nitrogen and oxygen atoms in total. The summed E-state index contributed by atoms with van der Waals surface area (Å²) in [5.74, 6) is 0.769. The molecule has 0 spiro atoms. The molecule has 0 saturated heterocycles. The number of aryl methyl sites for hydroxylation is 2. The molecule has 0 aliphatic rings. The highest BCUT2D eigenvalue weighted by molar-refractivity contribution is 6.10. The molecular formula is C25H26N2O4. The Morgan fingerprint density at radius 3 is 2.39 bits per heavy atom. The summed E-state index contributed by atoms with van der Waals surface area (Å²) in [5, 5.41) is 5.73. The van der Waals surface area contributed by atoms with Crippen molar-refractivity contribution in [2.75, 3.05) is 24.9 Å². The Morgan fingerprint density at radius 1 is 0.871 bits per heavy atom. The second-order valence-electron chi connectivity index (χ2n) is 7.07. The monoisotopic (exact) mass is 418 g/mol. The largest absolute Gasteiger partial charge is 0.493 e. The van der Waals surface area contributed by atoms with Crippen LogP contribution in [-0.2, 0) is 11.2 Å². The van der Waals surface area contributed by atoms with Crippen molar-refractivity contribution in [3.63, 3.8) is 0 Å². The predicted molar refractivity (Wildman–Crippen MR) is 122 cm³/mol. The summed E-state index contributed by atoms with van der Waals surface area (Å²) in [6.45, 7) is 1.96. The van der Waals surface area contributed by atoms with Crippen LogP contribution in [0.2, 0.25) is 0 Å². The zero-order chi connectivity index (χ0) is 22.2. The highest BCUT2D eigenvalue weighted by Gasteiger charge is 2.15. The maximum Gasteiger partial charge on any atom is 0.257 e. The zero-order valence-electron chi connectivity index (χ0n) is 17.9. The SMILES string of the molecule is COc1cccc(CCC(=O)Nc2ccccc2C(=O)Nc2cccc(C)c2)c1OC. The number of carbonyl (C=O) groups is 2. The van der Waals surface area contributed by atoms with Crippen LogP contribution >= 0.6 is 0 Å². The van der Waals surface area contributed by atoms with Crippen molar-refractivity contribution in [2.45, 2.75) is 19.8 Å². The predicted octanol–water partition coefficient (Wildman–Crippen LogP) is 4.84. The minimum Gasteiger partial charge on any atom is -0.493 e. The van der Waals surface area contributed by atoms with Gasteiger partial charge in [-0.15, -0.1) is 0 Å². The number of benzene rings is 3. The maximum atomic E-state index is 12.8. The fourth-order valence-electron chi connectivity index (χ4n) is 3.32. The average Bonchev–Trinajstić information content (AvgIpc) is 2.77. The van der Waals surface area contributed by atoms with E-state index in [2.05, 4.69) is 10.6 Å². The third-order valence-corrected chi connectivity index (χ3v) is 4.83. The molecule has 0 aliphatic carbocycles. The Balaban J connectivity index is 1.68. The lowest BCUT2D eigenvalue weighted by Crippen LogP contribution is -2.18. The van der Waals surface area contributed by atoms with Gasteiger partial charge in [-0.1, -0.05) is 36.4 Å².